The van der Waals surface area contributed by atoms with Crippen LogP contribution in [0.1, 0.15) is 11.4 Å². The first-order chi connectivity index (χ1) is 16.1. The molecule has 2 saturated heterocycles. The molecule has 3 aromatic rings. The summed E-state index contributed by atoms with van der Waals surface area (Å²) in [6, 6.07) is 22.5. The fraction of sp³-hybridized carbons (Fsp3) is 0.231. The second-order valence-corrected chi connectivity index (χ2v) is 9.06. The standard InChI is InChI=1S/C26H26N4O2S/c1-19-8-11-23(30(19)22-6-4-3-5-7-22)18-24-25(31)28(2)26(33-24)27-20-9-12-21(13-10-20)29-14-16-32-17-15-29/h3-13,18H,14-17H2,1-2H3/b24-18-,27-26?. The molecular formula is C26H26N4O2S. The fourth-order valence-corrected chi connectivity index (χ4v) is 5.03. The minimum atomic E-state index is -0.0397. The number of carbonyl (C=O) groups is 1. The molecule has 0 spiro atoms. The number of likely N-dealkylation sites (N-methyl/N-ethyl adjacent to an activating group) is 1. The van der Waals surface area contributed by atoms with Crippen molar-refractivity contribution in [2.24, 2.45) is 4.99 Å². The molecule has 168 valence electrons. The number of aliphatic imine (C=N–C) groups is 1. The monoisotopic (exact) mass is 458 g/mol. The number of thioether (sulfide) groups is 1. The summed E-state index contributed by atoms with van der Waals surface area (Å²) in [6.07, 6.45) is 1.95. The number of nitrogens with zero attached hydrogens (tertiary/aromatic N) is 4. The summed E-state index contributed by atoms with van der Waals surface area (Å²) < 4.78 is 7.58. The van der Waals surface area contributed by atoms with Crippen LogP contribution in [0.5, 0.6) is 0 Å². The van der Waals surface area contributed by atoms with Gasteiger partial charge >= 0.3 is 0 Å². The molecule has 2 aliphatic heterocycles. The number of benzene rings is 2. The third-order valence-electron chi connectivity index (χ3n) is 5.85. The summed E-state index contributed by atoms with van der Waals surface area (Å²) in [5.74, 6) is -0.0397. The highest BCUT2D eigenvalue weighted by Gasteiger charge is 2.30. The third-order valence-corrected chi connectivity index (χ3v) is 6.91. The Morgan fingerprint density at radius 1 is 0.939 bits per heavy atom. The first kappa shape index (κ1) is 21.6. The number of morpholine rings is 1. The molecule has 6 nitrogen and oxygen atoms in total. The van der Waals surface area contributed by atoms with E-state index in [0.717, 1.165) is 49.1 Å². The van der Waals surface area contributed by atoms with E-state index in [1.54, 1.807) is 11.9 Å². The maximum absolute atomic E-state index is 13.0. The van der Waals surface area contributed by atoms with Crippen LogP contribution in [-0.4, -0.2) is 53.9 Å². The molecule has 3 heterocycles. The second-order valence-electron chi connectivity index (χ2n) is 8.06. The number of aryl methyl sites for hydroxylation is 1. The molecule has 2 aromatic carbocycles. The number of anilines is 1. The summed E-state index contributed by atoms with van der Waals surface area (Å²) in [6.45, 7) is 5.39. The predicted octanol–water partition coefficient (Wildman–Crippen LogP) is 4.86. The predicted molar refractivity (Wildman–Crippen MR) is 135 cm³/mol. The largest absolute Gasteiger partial charge is 0.378 e. The van der Waals surface area contributed by atoms with E-state index in [4.69, 9.17) is 9.73 Å². The van der Waals surface area contributed by atoms with Gasteiger partial charge in [-0.15, -0.1) is 0 Å². The van der Waals surface area contributed by atoms with Gasteiger partial charge in [0.15, 0.2) is 5.17 Å². The van der Waals surface area contributed by atoms with Gasteiger partial charge in [-0.3, -0.25) is 9.69 Å². The fourth-order valence-electron chi connectivity index (χ4n) is 4.06. The highest BCUT2D eigenvalue weighted by molar-refractivity contribution is 8.18. The number of amides is 1. The molecule has 5 rings (SSSR count). The van der Waals surface area contributed by atoms with Crippen molar-refractivity contribution in [3.63, 3.8) is 0 Å². The van der Waals surface area contributed by atoms with E-state index < -0.39 is 0 Å². The van der Waals surface area contributed by atoms with E-state index in [1.165, 1.54) is 17.4 Å². The summed E-state index contributed by atoms with van der Waals surface area (Å²) in [5.41, 5.74) is 5.16. The lowest BCUT2D eigenvalue weighted by Crippen LogP contribution is -2.36. The van der Waals surface area contributed by atoms with Crippen LogP contribution in [0.2, 0.25) is 0 Å². The minimum absolute atomic E-state index is 0.0397. The van der Waals surface area contributed by atoms with Gasteiger partial charge in [-0.25, -0.2) is 4.99 Å². The Balaban J connectivity index is 1.38. The molecule has 2 aliphatic rings. The molecular weight excluding hydrogens is 432 g/mol. The Hall–Kier alpha value is -3.29. The van der Waals surface area contributed by atoms with E-state index >= 15 is 0 Å². The maximum Gasteiger partial charge on any atom is 0.266 e. The van der Waals surface area contributed by atoms with Crippen LogP contribution in [0.15, 0.2) is 76.6 Å². The summed E-state index contributed by atoms with van der Waals surface area (Å²) in [7, 11) is 1.78. The van der Waals surface area contributed by atoms with Crippen LogP contribution < -0.4 is 4.90 Å². The Morgan fingerprint density at radius 3 is 2.39 bits per heavy atom. The maximum atomic E-state index is 13.0. The van der Waals surface area contributed by atoms with Crippen molar-refractivity contribution in [2.45, 2.75) is 6.92 Å². The Kier molecular flexibility index (Phi) is 6.07. The number of hydrogen-bond acceptors (Lipinski definition) is 5. The Labute approximate surface area is 198 Å². The molecule has 2 fully saturated rings. The molecule has 33 heavy (non-hydrogen) atoms. The number of amidine groups is 1. The van der Waals surface area contributed by atoms with Gasteiger partial charge in [0.05, 0.1) is 23.8 Å². The Morgan fingerprint density at radius 2 is 1.67 bits per heavy atom. The lowest BCUT2D eigenvalue weighted by atomic mass is 10.2. The molecule has 1 aromatic heterocycles. The number of carbonyl (C=O) groups excluding carboxylic acids is 1. The third kappa shape index (κ3) is 4.47. The van der Waals surface area contributed by atoms with Crippen LogP contribution in [-0.2, 0) is 9.53 Å². The molecule has 1 amide bonds. The van der Waals surface area contributed by atoms with Gasteiger partial charge in [0.1, 0.15) is 0 Å². The van der Waals surface area contributed by atoms with Gasteiger partial charge in [0, 0.05) is 42.9 Å². The summed E-state index contributed by atoms with van der Waals surface area (Å²) in [4.78, 5) is 22.3. The van der Waals surface area contributed by atoms with E-state index in [1.807, 2.05) is 42.5 Å². The Bertz CT molecular complexity index is 1210. The van der Waals surface area contributed by atoms with Gasteiger partial charge in [-0.1, -0.05) is 18.2 Å². The van der Waals surface area contributed by atoms with Crippen molar-refractivity contribution in [3.05, 3.63) is 83.0 Å². The molecule has 0 bridgehead atoms. The van der Waals surface area contributed by atoms with Gasteiger partial charge in [0.25, 0.3) is 5.91 Å². The molecule has 0 aliphatic carbocycles. The average Bonchev–Trinajstić information content (AvgIpc) is 3.35. The molecule has 0 N–H and O–H groups in total. The van der Waals surface area contributed by atoms with Crippen molar-refractivity contribution >= 4 is 40.3 Å². The van der Waals surface area contributed by atoms with Crippen LogP contribution in [0.4, 0.5) is 11.4 Å². The number of para-hydroxylation sites is 1. The van der Waals surface area contributed by atoms with Gasteiger partial charge in [-0.2, -0.15) is 0 Å². The van der Waals surface area contributed by atoms with Crippen molar-refractivity contribution in [1.82, 2.24) is 9.47 Å². The SMILES string of the molecule is Cc1ccc(/C=C2\SC(=Nc3ccc(N4CCOCC4)cc3)N(C)C2=O)n1-c1ccccc1. The molecule has 7 heteroatoms. The smallest absolute Gasteiger partial charge is 0.266 e. The van der Waals surface area contributed by atoms with Crippen molar-refractivity contribution in [2.75, 3.05) is 38.3 Å². The first-order valence-corrected chi connectivity index (χ1v) is 11.8. The zero-order valence-electron chi connectivity index (χ0n) is 18.8. The zero-order chi connectivity index (χ0) is 22.8. The van der Waals surface area contributed by atoms with Crippen LogP contribution in [0, 0.1) is 6.92 Å². The lowest BCUT2D eigenvalue weighted by Gasteiger charge is -2.28. The van der Waals surface area contributed by atoms with Gasteiger partial charge in [0.2, 0.25) is 0 Å². The van der Waals surface area contributed by atoms with Crippen molar-refractivity contribution in [3.8, 4) is 5.69 Å². The zero-order valence-corrected chi connectivity index (χ0v) is 19.6. The van der Waals surface area contributed by atoms with Crippen molar-refractivity contribution < 1.29 is 9.53 Å². The van der Waals surface area contributed by atoms with E-state index in [-0.39, 0.29) is 5.91 Å². The number of ether oxygens (including phenoxy) is 1. The average molecular weight is 459 g/mol. The first-order valence-electron chi connectivity index (χ1n) is 11.0. The van der Waals surface area contributed by atoms with Crippen LogP contribution in [0.25, 0.3) is 11.8 Å². The molecule has 0 atom stereocenters. The number of aromatic nitrogens is 1. The topological polar surface area (TPSA) is 50.1 Å². The second kappa shape index (κ2) is 9.29. The molecule has 0 saturated carbocycles. The number of rotatable bonds is 4. The molecule has 0 unspecified atom stereocenters. The minimum Gasteiger partial charge on any atom is -0.378 e. The highest BCUT2D eigenvalue weighted by Crippen LogP contribution is 2.34. The highest BCUT2D eigenvalue weighted by atomic mass is 32.2. The van der Waals surface area contributed by atoms with E-state index in [2.05, 4.69) is 46.7 Å². The van der Waals surface area contributed by atoms with Gasteiger partial charge < -0.3 is 14.2 Å². The lowest BCUT2D eigenvalue weighted by molar-refractivity contribution is -0.121. The van der Waals surface area contributed by atoms with Crippen molar-refractivity contribution in [1.29, 1.82) is 0 Å². The summed E-state index contributed by atoms with van der Waals surface area (Å²) in [5, 5.41) is 0.680. The van der Waals surface area contributed by atoms with E-state index in [0.29, 0.717) is 10.1 Å². The quantitative estimate of drug-likeness (QED) is 0.524. The van der Waals surface area contributed by atoms with E-state index in [9.17, 15) is 4.79 Å². The molecule has 0 radical (unpaired) electrons. The number of hydrogen-bond donors (Lipinski definition) is 0. The van der Waals surface area contributed by atoms with Crippen LogP contribution in [0.3, 0.4) is 0 Å². The van der Waals surface area contributed by atoms with Crippen LogP contribution >= 0.6 is 11.8 Å². The van der Waals surface area contributed by atoms with Gasteiger partial charge in [-0.05, 0) is 73.3 Å². The summed E-state index contributed by atoms with van der Waals surface area (Å²) >= 11 is 1.41. The normalized spacial score (nSPS) is 19.2.